The van der Waals surface area contributed by atoms with Gasteiger partial charge in [-0.25, -0.2) is 4.79 Å². The molecule has 0 spiro atoms. The van der Waals surface area contributed by atoms with Gasteiger partial charge in [-0.3, -0.25) is 0 Å². The Kier molecular flexibility index (Phi) is 2.81. The number of hydrogen-bond acceptors (Lipinski definition) is 2. The second kappa shape index (κ2) is 4.26. The second-order valence-electron chi connectivity index (χ2n) is 3.57. The number of aromatic nitrogens is 1. The van der Waals surface area contributed by atoms with E-state index in [1.165, 1.54) is 0 Å². The number of aromatic carboxylic acids is 1. The molecule has 1 heterocycles. The molecular weight excluding hydrogens is 206 g/mol. The van der Waals surface area contributed by atoms with Gasteiger partial charge in [-0.05, 0) is 24.6 Å². The number of rotatable bonds is 4. The molecule has 4 nitrogen and oxygen atoms in total. The van der Waals surface area contributed by atoms with Crippen molar-refractivity contribution in [2.45, 2.75) is 13.3 Å². The summed E-state index contributed by atoms with van der Waals surface area (Å²) in [7, 11) is 0. The van der Waals surface area contributed by atoms with Gasteiger partial charge in [-0.2, -0.15) is 0 Å². The summed E-state index contributed by atoms with van der Waals surface area (Å²) >= 11 is 0. The van der Waals surface area contributed by atoms with Gasteiger partial charge in [0.2, 0.25) is 0 Å². The van der Waals surface area contributed by atoms with E-state index in [1.54, 1.807) is 18.3 Å². The normalized spacial score (nSPS) is 10.6. The Balaban J connectivity index is 2.50. The van der Waals surface area contributed by atoms with E-state index in [0.29, 0.717) is 12.4 Å². The van der Waals surface area contributed by atoms with E-state index >= 15 is 0 Å². The smallest absolute Gasteiger partial charge is 0.335 e. The molecule has 0 amide bonds. The highest BCUT2D eigenvalue weighted by Gasteiger charge is 2.10. The van der Waals surface area contributed by atoms with Crippen LogP contribution in [-0.4, -0.2) is 22.7 Å². The van der Waals surface area contributed by atoms with Gasteiger partial charge in [-0.15, -0.1) is 0 Å². The van der Waals surface area contributed by atoms with E-state index in [-0.39, 0.29) is 5.56 Å². The Bertz CT molecular complexity index is 516. The van der Waals surface area contributed by atoms with Crippen molar-refractivity contribution in [3.63, 3.8) is 0 Å². The number of aromatic amines is 1. The summed E-state index contributed by atoms with van der Waals surface area (Å²) in [5.41, 5.74) is 1.02. The third-order valence-corrected chi connectivity index (χ3v) is 2.34. The molecule has 84 valence electrons. The first-order chi connectivity index (χ1) is 7.72. The van der Waals surface area contributed by atoms with Gasteiger partial charge < -0.3 is 14.8 Å². The molecule has 4 heteroatoms. The number of H-pyrrole nitrogens is 1. The van der Waals surface area contributed by atoms with Gasteiger partial charge >= 0.3 is 5.97 Å². The van der Waals surface area contributed by atoms with Crippen molar-refractivity contribution in [3.8, 4) is 5.75 Å². The Morgan fingerprint density at radius 2 is 2.31 bits per heavy atom. The van der Waals surface area contributed by atoms with Crippen LogP contribution in [0.5, 0.6) is 5.75 Å². The first-order valence-electron chi connectivity index (χ1n) is 5.19. The predicted octanol–water partition coefficient (Wildman–Crippen LogP) is 2.65. The number of carboxylic acids is 1. The summed E-state index contributed by atoms with van der Waals surface area (Å²) in [5, 5.41) is 9.88. The zero-order chi connectivity index (χ0) is 11.5. The SMILES string of the molecule is CCCOc1cc(C(=O)O)cc2[nH]ccc12. The third-order valence-electron chi connectivity index (χ3n) is 2.34. The minimum absolute atomic E-state index is 0.237. The highest BCUT2D eigenvalue weighted by Crippen LogP contribution is 2.27. The first-order valence-corrected chi connectivity index (χ1v) is 5.19. The maximum absolute atomic E-state index is 10.9. The van der Waals surface area contributed by atoms with E-state index in [9.17, 15) is 4.79 Å². The van der Waals surface area contributed by atoms with Crippen molar-refractivity contribution in [3.05, 3.63) is 30.0 Å². The maximum atomic E-state index is 10.9. The lowest BCUT2D eigenvalue weighted by molar-refractivity contribution is 0.0696. The molecule has 0 aliphatic heterocycles. The number of nitrogens with one attached hydrogen (secondary N) is 1. The Morgan fingerprint density at radius 1 is 1.50 bits per heavy atom. The molecule has 0 radical (unpaired) electrons. The number of ether oxygens (including phenoxy) is 1. The second-order valence-corrected chi connectivity index (χ2v) is 3.57. The number of carbonyl (C=O) groups is 1. The third kappa shape index (κ3) is 1.86. The van der Waals surface area contributed by atoms with Crippen LogP contribution in [0.4, 0.5) is 0 Å². The van der Waals surface area contributed by atoms with Crippen molar-refractivity contribution in [2.24, 2.45) is 0 Å². The molecule has 0 aliphatic carbocycles. The van der Waals surface area contributed by atoms with E-state index in [2.05, 4.69) is 4.98 Å². The number of benzene rings is 1. The van der Waals surface area contributed by atoms with Gasteiger partial charge in [0.1, 0.15) is 5.75 Å². The molecule has 0 saturated heterocycles. The Hall–Kier alpha value is -1.97. The van der Waals surface area contributed by atoms with E-state index in [0.717, 1.165) is 17.3 Å². The van der Waals surface area contributed by atoms with Crippen LogP contribution in [0.25, 0.3) is 10.9 Å². The number of fused-ring (bicyclic) bond motifs is 1. The molecule has 1 aromatic heterocycles. The van der Waals surface area contributed by atoms with Gasteiger partial charge in [-0.1, -0.05) is 6.92 Å². The minimum Gasteiger partial charge on any atom is -0.493 e. The fourth-order valence-electron chi connectivity index (χ4n) is 1.59. The fraction of sp³-hybridized carbons (Fsp3) is 0.250. The van der Waals surface area contributed by atoms with Crippen LogP contribution in [-0.2, 0) is 0 Å². The van der Waals surface area contributed by atoms with Crippen LogP contribution in [0.15, 0.2) is 24.4 Å². The average molecular weight is 219 g/mol. The van der Waals surface area contributed by atoms with Gasteiger partial charge in [0.25, 0.3) is 0 Å². The zero-order valence-corrected chi connectivity index (χ0v) is 8.99. The van der Waals surface area contributed by atoms with Crippen molar-refractivity contribution in [1.29, 1.82) is 0 Å². The van der Waals surface area contributed by atoms with Crippen LogP contribution < -0.4 is 4.74 Å². The molecule has 2 N–H and O–H groups in total. The summed E-state index contributed by atoms with van der Waals surface area (Å²) < 4.78 is 5.53. The molecule has 0 bridgehead atoms. The van der Waals surface area contributed by atoms with Crippen molar-refractivity contribution < 1.29 is 14.6 Å². The lowest BCUT2D eigenvalue weighted by atomic mass is 10.1. The van der Waals surface area contributed by atoms with Gasteiger partial charge in [0.05, 0.1) is 12.2 Å². The van der Waals surface area contributed by atoms with E-state index in [1.807, 2.05) is 13.0 Å². The quantitative estimate of drug-likeness (QED) is 0.830. The standard InChI is InChI=1S/C12H13NO3/c1-2-5-16-11-7-8(12(14)15)6-10-9(11)3-4-13-10/h3-4,6-7,13H,2,5H2,1H3,(H,14,15). The van der Waals surface area contributed by atoms with Crippen molar-refractivity contribution in [1.82, 2.24) is 4.98 Å². The summed E-state index contributed by atoms with van der Waals surface area (Å²) in [5.74, 6) is -0.323. The highest BCUT2D eigenvalue weighted by atomic mass is 16.5. The molecule has 0 fully saturated rings. The molecule has 0 unspecified atom stereocenters. The van der Waals surface area contributed by atoms with Crippen LogP contribution >= 0.6 is 0 Å². The van der Waals surface area contributed by atoms with Gasteiger partial charge in [0, 0.05) is 17.1 Å². The van der Waals surface area contributed by atoms with Crippen LogP contribution in [0.3, 0.4) is 0 Å². The average Bonchev–Trinajstić information content (AvgIpc) is 2.73. The summed E-state index contributed by atoms with van der Waals surface area (Å²) in [4.78, 5) is 13.9. The Morgan fingerprint density at radius 3 is 3.00 bits per heavy atom. The van der Waals surface area contributed by atoms with E-state index < -0.39 is 5.97 Å². The predicted molar refractivity (Wildman–Crippen MR) is 61.0 cm³/mol. The summed E-state index contributed by atoms with van der Waals surface area (Å²) in [6.07, 6.45) is 2.66. The van der Waals surface area contributed by atoms with Crippen LogP contribution in [0.2, 0.25) is 0 Å². The summed E-state index contributed by atoms with van der Waals surface area (Å²) in [6, 6.07) is 5.05. The minimum atomic E-state index is -0.946. The van der Waals surface area contributed by atoms with Crippen molar-refractivity contribution >= 4 is 16.9 Å². The Labute approximate surface area is 92.9 Å². The first kappa shape index (κ1) is 10.5. The molecular formula is C12H13NO3. The molecule has 0 atom stereocenters. The van der Waals surface area contributed by atoms with Gasteiger partial charge in [0.15, 0.2) is 0 Å². The number of carboxylic acid groups (broad SMARTS) is 1. The lowest BCUT2D eigenvalue weighted by Crippen LogP contribution is -2.00. The molecule has 2 aromatic rings. The van der Waals surface area contributed by atoms with E-state index in [4.69, 9.17) is 9.84 Å². The molecule has 16 heavy (non-hydrogen) atoms. The molecule has 0 saturated carbocycles. The highest BCUT2D eigenvalue weighted by molar-refractivity contribution is 5.96. The lowest BCUT2D eigenvalue weighted by Gasteiger charge is -2.07. The molecule has 0 aliphatic rings. The molecule has 1 aromatic carbocycles. The number of hydrogen-bond donors (Lipinski definition) is 2. The van der Waals surface area contributed by atoms with Crippen molar-refractivity contribution in [2.75, 3.05) is 6.61 Å². The largest absolute Gasteiger partial charge is 0.493 e. The zero-order valence-electron chi connectivity index (χ0n) is 8.99. The molecule has 2 rings (SSSR count). The fourth-order valence-corrected chi connectivity index (χ4v) is 1.59. The van der Waals surface area contributed by atoms with Crippen LogP contribution in [0, 0.1) is 0 Å². The summed E-state index contributed by atoms with van der Waals surface area (Å²) in [6.45, 7) is 2.60. The monoisotopic (exact) mass is 219 g/mol. The maximum Gasteiger partial charge on any atom is 0.335 e. The topological polar surface area (TPSA) is 62.3 Å². The van der Waals surface area contributed by atoms with Crippen LogP contribution in [0.1, 0.15) is 23.7 Å².